The van der Waals surface area contributed by atoms with E-state index < -0.39 is 0 Å². The standard InChI is InChI=1S/C16H20O3/c1-3-9-18-15-11-14(17)16(19-10-4-2)13-8-6-5-7-12(13)15/h5-8,11,17H,3-4,9-10H2,1-2H3. The lowest BCUT2D eigenvalue weighted by atomic mass is 10.1. The SMILES string of the molecule is CCCOc1cc(O)c(OCCC)c2ccccc12. The zero-order valence-electron chi connectivity index (χ0n) is 11.5. The summed E-state index contributed by atoms with van der Waals surface area (Å²) in [6.45, 7) is 5.32. The number of aromatic hydroxyl groups is 1. The normalized spacial score (nSPS) is 10.6. The molecule has 0 heterocycles. The van der Waals surface area contributed by atoms with Gasteiger partial charge in [0.25, 0.3) is 0 Å². The predicted molar refractivity (Wildman–Crippen MR) is 77.2 cm³/mol. The Balaban J connectivity index is 2.49. The Morgan fingerprint density at radius 3 is 2.26 bits per heavy atom. The fourth-order valence-corrected chi connectivity index (χ4v) is 1.99. The molecule has 0 aliphatic rings. The number of benzene rings is 2. The summed E-state index contributed by atoms with van der Waals surface area (Å²) < 4.78 is 11.3. The summed E-state index contributed by atoms with van der Waals surface area (Å²) >= 11 is 0. The molecule has 0 saturated carbocycles. The lowest BCUT2D eigenvalue weighted by Crippen LogP contribution is -1.99. The average Bonchev–Trinajstić information content (AvgIpc) is 2.44. The van der Waals surface area contributed by atoms with Gasteiger partial charge in [0.05, 0.1) is 13.2 Å². The van der Waals surface area contributed by atoms with Crippen LogP contribution in [0.1, 0.15) is 26.7 Å². The van der Waals surface area contributed by atoms with Crippen molar-refractivity contribution >= 4 is 10.8 Å². The Hall–Kier alpha value is -1.90. The average molecular weight is 260 g/mol. The van der Waals surface area contributed by atoms with Crippen LogP contribution in [0.25, 0.3) is 10.8 Å². The maximum Gasteiger partial charge on any atom is 0.168 e. The van der Waals surface area contributed by atoms with Crippen molar-refractivity contribution in [1.82, 2.24) is 0 Å². The van der Waals surface area contributed by atoms with Crippen molar-refractivity contribution in [3.05, 3.63) is 30.3 Å². The van der Waals surface area contributed by atoms with Gasteiger partial charge < -0.3 is 14.6 Å². The second-order valence-corrected chi connectivity index (χ2v) is 4.47. The topological polar surface area (TPSA) is 38.7 Å². The second kappa shape index (κ2) is 6.32. The van der Waals surface area contributed by atoms with Crippen LogP contribution in [0.4, 0.5) is 0 Å². The molecular weight excluding hydrogens is 240 g/mol. The van der Waals surface area contributed by atoms with Gasteiger partial charge in [-0.15, -0.1) is 0 Å². The van der Waals surface area contributed by atoms with Crippen molar-refractivity contribution in [3.63, 3.8) is 0 Å². The molecular formula is C16H20O3. The van der Waals surface area contributed by atoms with Crippen molar-refractivity contribution in [2.75, 3.05) is 13.2 Å². The van der Waals surface area contributed by atoms with Crippen LogP contribution in [-0.2, 0) is 0 Å². The van der Waals surface area contributed by atoms with E-state index in [0.29, 0.717) is 24.7 Å². The van der Waals surface area contributed by atoms with Crippen molar-refractivity contribution in [2.24, 2.45) is 0 Å². The first-order valence-corrected chi connectivity index (χ1v) is 6.78. The van der Waals surface area contributed by atoms with Crippen LogP contribution in [0.3, 0.4) is 0 Å². The van der Waals surface area contributed by atoms with Crippen molar-refractivity contribution in [3.8, 4) is 17.2 Å². The molecule has 0 aromatic heterocycles. The molecule has 0 saturated heterocycles. The second-order valence-electron chi connectivity index (χ2n) is 4.47. The van der Waals surface area contributed by atoms with E-state index in [9.17, 15) is 5.11 Å². The number of phenols is 1. The van der Waals surface area contributed by atoms with Crippen molar-refractivity contribution in [1.29, 1.82) is 0 Å². The number of hydrogen-bond acceptors (Lipinski definition) is 3. The summed E-state index contributed by atoms with van der Waals surface area (Å²) in [5.74, 6) is 1.39. The summed E-state index contributed by atoms with van der Waals surface area (Å²) in [7, 11) is 0. The highest BCUT2D eigenvalue weighted by Crippen LogP contribution is 2.40. The van der Waals surface area contributed by atoms with E-state index >= 15 is 0 Å². The summed E-state index contributed by atoms with van der Waals surface area (Å²) in [6, 6.07) is 9.46. The summed E-state index contributed by atoms with van der Waals surface area (Å²) in [6.07, 6.45) is 1.84. The highest BCUT2D eigenvalue weighted by atomic mass is 16.5. The van der Waals surface area contributed by atoms with Crippen LogP contribution in [0.15, 0.2) is 30.3 Å². The molecule has 19 heavy (non-hydrogen) atoms. The molecule has 0 amide bonds. The molecule has 0 bridgehead atoms. The Kier molecular flexibility index (Phi) is 4.50. The molecule has 2 aromatic rings. The first-order chi connectivity index (χ1) is 9.27. The zero-order chi connectivity index (χ0) is 13.7. The molecule has 3 heteroatoms. The smallest absolute Gasteiger partial charge is 0.168 e. The molecule has 3 nitrogen and oxygen atoms in total. The largest absolute Gasteiger partial charge is 0.504 e. The van der Waals surface area contributed by atoms with Crippen LogP contribution in [-0.4, -0.2) is 18.3 Å². The van der Waals surface area contributed by atoms with E-state index in [0.717, 1.165) is 23.6 Å². The maximum atomic E-state index is 10.1. The van der Waals surface area contributed by atoms with E-state index in [1.54, 1.807) is 6.07 Å². The van der Waals surface area contributed by atoms with E-state index in [1.807, 2.05) is 31.2 Å². The molecule has 0 radical (unpaired) electrons. The minimum absolute atomic E-state index is 0.137. The maximum absolute atomic E-state index is 10.1. The molecule has 0 unspecified atom stereocenters. The molecule has 102 valence electrons. The summed E-state index contributed by atoms with van der Waals surface area (Å²) in [5, 5.41) is 12.0. The molecule has 0 aliphatic carbocycles. The van der Waals surface area contributed by atoms with Gasteiger partial charge in [0.15, 0.2) is 11.5 Å². The van der Waals surface area contributed by atoms with Gasteiger partial charge in [-0.25, -0.2) is 0 Å². The number of fused-ring (bicyclic) bond motifs is 1. The van der Waals surface area contributed by atoms with Crippen molar-refractivity contribution in [2.45, 2.75) is 26.7 Å². The van der Waals surface area contributed by atoms with Crippen LogP contribution in [0, 0.1) is 0 Å². The Morgan fingerprint density at radius 1 is 0.947 bits per heavy atom. The van der Waals surface area contributed by atoms with E-state index in [2.05, 4.69) is 6.92 Å². The highest BCUT2D eigenvalue weighted by molar-refractivity contribution is 5.95. The number of hydrogen-bond donors (Lipinski definition) is 1. The Bertz CT molecular complexity index is 549. The van der Waals surface area contributed by atoms with Crippen LogP contribution >= 0.6 is 0 Å². The number of rotatable bonds is 6. The van der Waals surface area contributed by atoms with Gasteiger partial charge in [-0.1, -0.05) is 38.1 Å². The highest BCUT2D eigenvalue weighted by Gasteiger charge is 2.13. The third kappa shape index (κ3) is 2.92. The first-order valence-electron chi connectivity index (χ1n) is 6.78. The fraction of sp³-hybridized carbons (Fsp3) is 0.375. The zero-order valence-corrected chi connectivity index (χ0v) is 11.5. The van der Waals surface area contributed by atoms with Gasteiger partial charge >= 0.3 is 0 Å². The van der Waals surface area contributed by atoms with E-state index in [1.165, 1.54) is 0 Å². The Labute approximate surface area is 113 Å². The molecule has 0 fully saturated rings. The first kappa shape index (κ1) is 13.5. The van der Waals surface area contributed by atoms with Crippen LogP contribution in [0.2, 0.25) is 0 Å². The number of ether oxygens (including phenoxy) is 2. The molecule has 0 aliphatic heterocycles. The lowest BCUT2D eigenvalue weighted by Gasteiger charge is -2.14. The predicted octanol–water partition coefficient (Wildman–Crippen LogP) is 4.12. The third-order valence-corrected chi connectivity index (χ3v) is 2.85. The molecule has 0 spiro atoms. The van der Waals surface area contributed by atoms with E-state index in [4.69, 9.17) is 9.47 Å². The monoisotopic (exact) mass is 260 g/mol. The minimum atomic E-state index is 0.137. The summed E-state index contributed by atoms with van der Waals surface area (Å²) in [5.41, 5.74) is 0. The molecule has 2 rings (SSSR count). The van der Waals surface area contributed by atoms with Gasteiger partial charge in [-0.2, -0.15) is 0 Å². The van der Waals surface area contributed by atoms with Gasteiger partial charge in [0, 0.05) is 16.8 Å². The Morgan fingerprint density at radius 2 is 1.58 bits per heavy atom. The van der Waals surface area contributed by atoms with Crippen LogP contribution in [0.5, 0.6) is 17.2 Å². The van der Waals surface area contributed by atoms with Gasteiger partial charge in [0.2, 0.25) is 0 Å². The number of phenolic OH excluding ortho intramolecular Hbond substituents is 1. The lowest BCUT2D eigenvalue weighted by molar-refractivity contribution is 0.298. The summed E-state index contributed by atoms with van der Waals surface area (Å²) in [4.78, 5) is 0. The minimum Gasteiger partial charge on any atom is -0.504 e. The molecule has 2 aromatic carbocycles. The third-order valence-electron chi connectivity index (χ3n) is 2.85. The van der Waals surface area contributed by atoms with Crippen LogP contribution < -0.4 is 9.47 Å². The molecule has 1 N–H and O–H groups in total. The van der Waals surface area contributed by atoms with E-state index in [-0.39, 0.29) is 5.75 Å². The molecule has 0 atom stereocenters. The van der Waals surface area contributed by atoms with Gasteiger partial charge in [0.1, 0.15) is 5.75 Å². The van der Waals surface area contributed by atoms with Gasteiger partial charge in [-0.05, 0) is 12.8 Å². The quantitative estimate of drug-likeness (QED) is 0.849. The van der Waals surface area contributed by atoms with Gasteiger partial charge in [-0.3, -0.25) is 0 Å². The fourth-order valence-electron chi connectivity index (χ4n) is 1.99. The van der Waals surface area contributed by atoms with Crippen molar-refractivity contribution < 1.29 is 14.6 Å².